The van der Waals surface area contributed by atoms with Crippen LogP contribution in [0.1, 0.15) is 22.3 Å². The molecule has 7 heteroatoms. The zero-order chi connectivity index (χ0) is 24.7. The van der Waals surface area contributed by atoms with Crippen LogP contribution in [0.2, 0.25) is 0 Å². The quantitative estimate of drug-likeness (QED) is 0.244. The first-order chi connectivity index (χ1) is 16.8. The van der Waals surface area contributed by atoms with Crippen LogP contribution < -0.4 is 10.9 Å². The van der Waals surface area contributed by atoms with Crippen LogP contribution in [0.5, 0.6) is 0 Å². The van der Waals surface area contributed by atoms with Crippen LogP contribution >= 0.6 is 11.8 Å². The number of nitrogens with zero attached hydrogens (tertiary/aromatic N) is 2. The number of benzene rings is 3. The molecule has 0 unspecified atom stereocenters. The Hall–Kier alpha value is -3.84. The van der Waals surface area contributed by atoms with E-state index in [-0.39, 0.29) is 17.2 Å². The average molecular weight is 483 g/mol. The SMILES string of the molecule is Cc1ccc(-n2c(SCC(=O)Nc3c(C)cc(C)cc3C)nc3c([nH]c4ccccc43)c2=O)cc1. The predicted octanol–water partition coefficient (Wildman–Crippen LogP) is 5.83. The van der Waals surface area contributed by atoms with Gasteiger partial charge in [-0.05, 0) is 57.0 Å². The normalized spacial score (nSPS) is 11.3. The van der Waals surface area contributed by atoms with Gasteiger partial charge in [-0.25, -0.2) is 4.98 Å². The van der Waals surface area contributed by atoms with Gasteiger partial charge in [-0.2, -0.15) is 0 Å². The number of thioether (sulfide) groups is 1. The zero-order valence-electron chi connectivity index (χ0n) is 20.1. The minimum absolute atomic E-state index is 0.124. The van der Waals surface area contributed by atoms with E-state index in [1.165, 1.54) is 11.8 Å². The van der Waals surface area contributed by atoms with Gasteiger partial charge in [0.05, 0.1) is 11.4 Å². The van der Waals surface area contributed by atoms with Crippen molar-refractivity contribution in [3.8, 4) is 5.69 Å². The van der Waals surface area contributed by atoms with Gasteiger partial charge in [-0.15, -0.1) is 0 Å². The van der Waals surface area contributed by atoms with Crippen molar-refractivity contribution in [2.24, 2.45) is 0 Å². The number of hydrogen-bond acceptors (Lipinski definition) is 4. The van der Waals surface area contributed by atoms with Gasteiger partial charge in [0.2, 0.25) is 5.91 Å². The third-order valence-electron chi connectivity index (χ3n) is 6.06. The van der Waals surface area contributed by atoms with Crippen LogP contribution in [0.25, 0.3) is 27.6 Å². The van der Waals surface area contributed by atoms with Gasteiger partial charge < -0.3 is 10.3 Å². The van der Waals surface area contributed by atoms with E-state index in [4.69, 9.17) is 4.98 Å². The Labute approximate surface area is 207 Å². The topological polar surface area (TPSA) is 79.8 Å². The minimum Gasteiger partial charge on any atom is -0.349 e. The van der Waals surface area contributed by atoms with E-state index >= 15 is 0 Å². The molecule has 3 aromatic carbocycles. The summed E-state index contributed by atoms with van der Waals surface area (Å²) in [5.41, 5.74) is 7.57. The number of aromatic nitrogens is 3. The van der Waals surface area contributed by atoms with E-state index < -0.39 is 0 Å². The van der Waals surface area contributed by atoms with Gasteiger partial charge in [0.1, 0.15) is 11.0 Å². The molecular weight excluding hydrogens is 456 g/mol. The Morgan fingerprint density at radius 1 is 0.971 bits per heavy atom. The number of nitrogens with one attached hydrogen (secondary N) is 2. The summed E-state index contributed by atoms with van der Waals surface area (Å²) in [5, 5.41) is 4.40. The highest BCUT2D eigenvalue weighted by molar-refractivity contribution is 7.99. The Balaban J connectivity index is 1.55. The first-order valence-corrected chi connectivity index (χ1v) is 12.4. The highest BCUT2D eigenvalue weighted by atomic mass is 32.2. The van der Waals surface area contributed by atoms with Crippen LogP contribution in [-0.4, -0.2) is 26.2 Å². The lowest BCUT2D eigenvalue weighted by Crippen LogP contribution is -2.23. The largest absolute Gasteiger partial charge is 0.349 e. The molecule has 2 N–H and O–H groups in total. The summed E-state index contributed by atoms with van der Waals surface area (Å²) >= 11 is 1.26. The van der Waals surface area contributed by atoms with Crippen molar-refractivity contribution >= 4 is 45.3 Å². The van der Waals surface area contributed by atoms with E-state index in [2.05, 4.69) is 22.4 Å². The number of hydrogen-bond donors (Lipinski definition) is 2. The summed E-state index contributed by atoms with van der Waals surface area (Å²) < 4.78 is 1.58. The molecule has 35 heavy (non-hydrogen) atoms. The van der Waals surface area contributed by atoms with Crippen molar-refractivity contribution in [3.05, 3.63) is 93.3 Å². The van der Waals surface area contributed by atoms with Crippen LogP contribution in [0.4, 0.5) is 5.69 Å². The first-order valence-electron chi connectivity index (χ1n) is 11.4. The molecule has 0 saturated carbocycles. The molecule has 0 spiro atoms. The van der Waals surface area contributed by atoms with Crippen LogP contribution in [0.3, 0.4) is 0 Å². The molecule has 0 fully saturated rings. The molecule has 6 nitrogen and oxygen atoms in total. The molecule has 5 rings (SSSR count). The summed E-state index contributed by atoms with van der Waals surface area (Å²) in [7, 11) is 0. The number of amides is 1. The zero-order valence-corrected chi connectivity index (χ0v) is 20.9. The number of aromatic amines is 1. The van der Waals surface area contributed by atoms with Crippen molar-refractivity contribution in [1.82, 2.24) is 14.5 Å². The van der Waals surface area contributed by atoms with Crippen LogP contribution in [-0.2, 0) is 4.79 Å². The van der Waals surface area contributed by atoms with Gasteiger partial charge in [-0.1, -0.05) is 65.4 Å². The van der Waals surface area contributed by atoms with Gasteiger partial charge in [0.15, 0.2) is 5.16 Å². The summed E-state index contributed by atoms with van der Waals surface area (Å²) in [4.78, 5) is 34.7. The highest BCUT2D eigenvalue weighted by Crippen LogP contribution is 2.27. The van der Waals surface area contributed by atoms with Crippen LogP contribution in [0, 0.1) is 27.7 Å². The smallest absolute Gasteiger partial charge is 0.283 e. The minimum atomic E-state index is -0.191. The maximum absolute atomic E-state index is 13.6. The van der Waals surface area contributed by atoms with Gasteiger partial charge in [0, 0.05) is 16.6 Å². The lowest BCUT2D eigenvalue weighted by Gasteiger charge is -2.14. The second-order valence-electron chi connectivity index (χ2n) is 8.88. The lowest BCUT2D eigenvalue weighted by atomic mass is 10.1. The van der Waals surface area contributed by atoms with Crippen molar-refractivity contribution in [2.75, 3.05) is 11.1 Å². The van der Waals surface area contributed by atoms with Gasteiger partial charge >= 0.3 is 0 Å². The van der Waals surface area contributed by atoms with E-state index in [0.29, 0.717) is 21.9 Å². The molecule has 176 valence electrons. The van der Waals surface area contributed by atoms with Gasteiger partial charge in [-0.3, -0.25) is 14.2 Å². The summed E-state index contributed by atoms with van der Waals surface area (Å²) in [5.74, 6) is -0.0207. The van der Waals surface area contributed by atoms with Crippen molar-refractivity contribution in [3.63, 3.8) is 0 Å². The number of para-hydroxylation sites is 1. The van der Waals surface area contributed by atoms with E-state index in [1.54, 1.807) is 4.57 Å². The van der Waals surface area contributed by atoms with Gasteiger partial charge in [0.25, 0.3) is 5.56 Å². The third kappa shape index (κ3) is 4.35. The molecule has 2 heterocycles. The van der Waals surface area contributed by atoms with E-state index in [1.807, 2.05) is 76.2 Å². The molecule has 0 radical (unpaired) electrons. The third-order valence-corrected chi connectivity index (χ3v) is 7.00. The number of fused-ring (bicyclic) bond motifs is 3. The number of carbonyl (C=O) groups is 1. The monoisotopic (exact) mass is 482 g/mol. The van der Waals surface area contributed by atoms with Crippen molar-refractivity contribution < 1.29 is 4.79 Å². The molecule has 0 bridgehead atoms. The fraction of sp³-hybridized carbons (Fsp3) is 0.179. The molecule has 2 aromatic heterocycles. The Bertz CT molecular complexity index is 1630. The molecule has 0 aliphatic heterocycles. The molecular formula is C28H26N4O2S. The molecule has 0 saturated heterocycles. The summed E-state index contributed by atoms with van der Waals surface area (Å²) in [6.07, 6.45) is 0. The fourth-order valence-corrected chi connectivity index (χ4v) is 5.25. The van der Waals surface area contributed by atoms with Crippen LogP contribution in [0.15, 0.2) is 70.6 Å². The summed E-state index contributed by atoms with van der Waals surface area (Å²) in [6.45, 7) is 8.02. The maximum Gasteiger partial charge on any atom is 0.283 e. The molecule has 0 aliphatic carbocycles. The standard InChI is InChI=1S/C28H26N4O2S/c1-16-9-11-20(12-10-16)32-27(34)26-25(21-7-5-6-8-22(21)29-26)31-28(32)35-15-23(33)30-24-18(3)13-17(2)14-19(24)4/h5-14,29H,15H2,1-4H3,(H,30,33). The molecule has 5 aromatic rings. The Morgan fingerprint density at radius 2 is 1.66 bits per heavy atom. The maximum atomic E-state index is 13.6. The van der Waals surface area contributed by atoms with Crippen molar-refractivity contribution in [2.45, 2.75) is 32.9 Å². The number of H-pyrrole nitrogens is 1. The second-order valence-corrected chi connectivity index (χ2v) is 9.82. The molecule has 1 amide bonds. The Morgan fingerprint density at radius 3 is 2.37 bits per heavy atom. The predicted molar refractivity (Wildman–Crippen MR) is 144 cm³/mol. The Kier molecular flexibility index (Phi) is 5.94. The first kappa shape index (κ1) is 22.9. The average Bonchev–Trinajstić information content (AvgIpc) is 3.20. The highest BCUT2D eigenvalue weighted by Gasteiger charge is 2.18. The molecule has 0 atom stereocenters. The number of rotatable bonds is 5. The van der Waals surface area contributed by atoms with E-state index in [0.717, 1.165) is 38.8 Å². The van der Waals surface area contributed by atoms with Crippen molar-refractivity contribution in [1.29, 1.82) is 0 Å². The number of carbonyl (C=O) groups excluding carboxylic acids is 1. The number of anilines is 1. The summed E-state index contributed by atoms with van der Waals surface area (Å²) in [6, 6.07) is 19.5. The van der Waals surface area contributed by atoms with E-state index in [9.17, 15) is 9.59 Å². The lowest BCUT2D eigenvalue weighted by molar-refractivity contribution is -0.113. The second kappa shape index (κ2) is 9.07. The molecule has 0 aliphatic rings. The number of aryl methyl sites for hydroxylation is 4. The fourth-order valence-electron chi connectivity index (χ4n) is 4.44.